The Hall–Kier alpha value is -4.51. The van der Waals surface area contributed by atoms with Gasteiger partial charge in [-0.15, -0.1) is 0 Å². The highest BCUT2D eigenvalue weighted by Crippen LogP contribution is 2.44. The Morgan fingerprint density at radius 2 is 1.78 bits per heavy atom. The summed E-state index contributed by atoms with van der Waals surface area (Å²) in [4.78, 5) is 21.6. The summed E-state index contributed by atoms with van der Waals surface area (Å²) in [6.07, 6.45) is 3.47. The maximum Gasteiger partial charge on any atom is 0.326 e. The van der Waals surface area contributed by atoms with Gasteiger partial charge < -0.3 is 20.1 Å². The molecule has 1 aliphatic heterocycles. The van der Waals surface area contributed by atoms with Crippen molar-refractivity contribution in [1.29, 1.82) is 0 Å². The van der Waals surface area contributed by atoms with Crippen LogP contribution < -0.4 is 10.1 Å². The minimum atomic E-state index is -1.01. The van der Waals surface area contributed by atoms with E-state index in [2.05, 4.69) is 32.2 Å². The van der Waals surface area contributed by atoms with Gasteiger partial charge in [-0.05, 0) is 54.4 Å². The third kappa shape index (κ3) is 6.84. The predicted molar refractivity (Wildman–Crippen MR) is 178 cm³/mol. The number of carboxylic acid groups (broad SMARTS) is 1. The molecule has 0 bridgehead atoms. The number of hydrogen-bond donors (Lipinski definition) is 2. The zero-order valence-corrected chi connectivity index (χ0v) is 26.5. The summed E-state index contributed by atoms with van der Waals surface area (Å²) in [5, 5.41) is 18.3. The van der Waals surface area contributed by atoms with Gasteiger partial charge >= 0.3 is 5.97 Å². The second-order valence-electron chi connectivity index (χ2n) is 11.6. The van der Waals surface area contributed by atoms with Crippen molar-refractivity contribution in [2.45, 2.75) is 19.4 Å². The largest absolute Gasteiger partial charge is 0.491 e. The van der Waals surface area contributed by atoms with E-state index in [1.807, 2.05) is 55.6 Å². The third-order valence-corrected chi connectivity index (χ3v) is 8.97. The minimum absolute atomic E-state index is 0.248. The molecule has 2 aromatic heterocycles. The summed E-state index contributed by atoms with van der Waals surface area (Å²) < 4.78 is 21.8. The Kier molecular flexibility index (Phi) is 9.48. The number of aromatic nitrogens is 3. The van der Waals surface area contributed by atoms with Gasteiger partial charge in [0.2, 0.25) is 0 Å². The minimum Gasteiger partial charge on any atom is -0.491 e. The molecule has 1 fully saturated rings. The molecule has 46 heavy (non-hydrogen) atoms. The number of anilines is 1. The predicted octanol–water partition coefficient (Wildman–Crippen LogP) is 5.90. The lowest BCUT2D eigenvalue weighted by Gasteiger charge is -2.32. The van der Waals surface area contributed by atoms with Gasteiger partial charge in [-0.3, -0.25) is 4.90 Å². The molecule has 3 aromatic carbocycles. The lowest BCUT2D eigenvalue weighted by molar-refractivity contribution is -0.137. The van der Waals surface area contributed by atoms with Crippen LogP contribution in [0.4, 0.5) is 10.2 Å². The smallest absolute Gasteiger partial charge is 0.326 e. The van der Waals surface area contributed by atoms with Crippen molar-refractivity contribution in [2.24, 2.45) is 0 Å². The molecule has 0 aliphatic carbocycles. The Balaban J connectivity index is 1.39. The number of rotatable bonds is 11. The van der Waals surface area contributed by atoms with E-state index in [4.69, 9.17) is 16.3 Å². The first-order chi connectivity index (χ1) is 22.3. The average Bonchev–Trinajstić information content (AvgIpc) is 3.45. The van der Waals surface area contributed by atoms with E-state index in [9.17, 15) is 14.3 Å². The standard InChI is InChI=1S/C35H36ClFN6O3/c1-23-27(12-13-30(32(23)36)46-19-18-42-16-14-41(2)15-17-42)31-28(25-8-10-26(37)11-9-25)21-43-33(31)34(38-22-39-43)40-29(35(44)45)20-24-6-4-3-5-7-24/h3-13,21-22,29H,14-20H2,1-2H3,(H,44,45)(H,38,39,40). The van der Waals surface area contributed by atoms with Crippen molar-refractivity contribution in [3.63, 3.8) is 0 Å². The molecule has 9 nitrogen and oxygen atoms in total. The van der Waals surface area contributed by atoms with Crippen molar-refractivity contribution in [3.8, 4) is 28.0 Å². The van der Waals surface area contributed by atoms with Crippen LogP contribution in [0.15, 0.2) is 79.3 Å². The van der Waals surface area contributed by atoms with E-state index in [0.717, 1.165) is 66.1 Å². The summed E-state index contributed by atoms with van der Waals surface area (Å²) in [7, 11) is 2.13. The number of ether oxygens (including phenoxy) is 1. The van der Waals surface area contributed by atoms with Crippen molar-refractivity contribution in [2.75, 3.05) is 51.7 Å². The number of likely N-dealkylation sites (N-methyl/N-ethyl adjacent to an activating group) is 1. The van der Waals surface area contributed by atoms with Gasteiger partial charge in [-0.25, -0.2) is 18.7 Å². The van der Waals surface area contributed by atoms with E-state index in [-0.39, 0.29) is 12.2 Å². The molecule has 0 amide bonds. The first kappa shape index (κ1) is 31.5. The van der Waals surface area contributed by atoms with Crippen molar-refractivity contribution in [1.82, 2.24) is 24.4 Å². The summed E-state index contributed by atoms with van der Waals surface area (Å²) in [6, 6.07) is 18.5. The maximum absolute atomic E-state index is 14.0. The highest BCUT2D eigenvalue weighted by atomic mass is 35.5. The van der Waals surface area contributed by atoms with Crippen molar-refractivity contribution < 1.29 is 19.0 Å². The van der Waals surface area contributed by atoms with Gasteiger partial charge in [0, 0.05) is 56.5 Å². The number of carbonyl (C=O) groups is 1. The number of carboxylic acids is 1. The fourth-order valence-corrected chi connectivity index (χ4v) is 6.07. The second-order valence-corrected chi connectivity index (χ2v) is 12.0. The zero-order valence-electron chi connectivity index (χ0n) is 25.8. The van der Waals surface area contributed by atoms with Gasteiger partial charge in [0.15, 0.2) is 5.82 Å². The van der Waals surface area contributed by atoms with Crippen LogP contribution in [0.2, 0.25) is 5.02 Å². The molecule has 5 aromatic rings. The first-order valence-corrected chi connectivity index (χ1v) is 15.6. The monoisotopic (exact) mass is 642 g/mol. The molecule has 1 saturated heterocycles. The molecule has 11 heteroatoms. The van der Waals surface area contributed by atoms with E-state index in [1.165, 1.54) is 18.5 Å². The zero-order chi connectivity index (χ0) is 32.2. The van der Waals surface area contributed by atoms with Gasteiger partial charge in [-0.1, -0.05) is 60.1 Å². The molecule has 0 spiro atoms. The maximum atomic E-state index is 14.0. The molecule has 3 heterocycles. The van der Waals surface area contributed by atoms with Crippen LogP contribution in [0.5, 0.6) is 5.75 Å². The fourth-order valence-electron chi connectivity index (χ4n) is 5.85. The molecule has 1 unspecified atom stereocenters. The van der Waals surface area contributed by atoms with Crippen LogP contribution >= 0.6 is 11.6 Å². The van der Waals surface area contributed by atoms with Crippen LogP contribution in [0.1, 0.15) is 11.1 Å². The van der Waals surface area contributed by atoms with Gasteiger partial charge in [0.1, 0.15) is 36.1 Å². The number of nitrogens with one attached hydrogen (secondary N) is 1. The topological polar surface area (TPSA) is 95.2 Å². The lowest BCUT2D eigenvalue weighted by atomic mass is 9.94. The first-order valence-electron chi connectivity index (χ1n) is 15.3. The average molecular weight is 643 g/mol. The molecule has 1 atom stereocenters. The highest BCUT2D eigenvalue weighted by molar-refractivity contribution is 6.33. The number of aliphatic carboxylic acids is 1. The van der Waals surface area contributed by atoms with Crippen LogP contribution in [-0.2, 0) is 11.2 Å². The van der Waals surface area contributed by atoms with Crippen LogP contribution in [0, 0.1) is 12.7 Å². The molecular weight excluding hydrogens is 607 g/mol. The Labute approximate surface area is 272 Å². The SMILES string of the molecule is Cc1c(-c2c(-c3ccc(F)cc3)cn3ncnc(NC(Cc4ccccc4)C(=O)O)c23)ccc(OCCN2CCN(C)CC2)c1Cl. The Morgan fingerprint density at radius 3 is 2.50 bits per heavy atom. The van der Waals surface area contributed by atoms with E-state index in [0.29, 0.717) is 28.7 Å². The summed E-state index contributed by atoms with van der Waals surface area (Å²) >= 11 is 6.96. The molecule has 0 saturated carbocycles. The highest BCUT2D eigenvalue weighted by Gasteiger charge is 2.25. The number of piperazine rings is 1. The van der Waals surface area contributed by atoms with Crippen molar-refractivity contribution >= 4 is 28.9 Å². The molecule has 2 N–H and O–H groups in total. The molecular formula is C35H36ClFN6O3. The quantitative estimate of drug-likeness (QED) is 0.184. The molecule has 238 valence electrons. The number of fused-ring (bicyclic) bond motifs is 1. The lowest BCUT2D eigenvalue weighted by Crippen LogP contribution is -2.45. The van der Waals surface area contributed by atoms with Crippen molar-refractivity contribution in [3.05, 3.63) is 101 Å². The number of hydrogen-bond acceptors (Lipinski definition) is 7. The Bertz CT molecular complexity index is 1820. The number of halogens is 2. The molecule has 1 aliphatic rings. The summed E-state index contributed by atoms with van der Waals surface area (Å²) in [6.45, 7) is 7.34. The van der Waals surface area contributed by atoms with Gasteiger partial charge in [-0.2, -0.15) is 5.10 Å². The third-order valence-electron chi connectivity index (χ3n) is 8.50. The van der Waals surface area contributed by atoms with E-state index < -0.39 is 12.0 Å². The normalized spacial score (nSPS) is 14.8. The summed E-state index contributed by atoms with van der Waals surface area (Å²) in [5.41, 5.74) is 5.29. The Morgan fingerprint density at radius 1 is 1.04 bits per heavy atom. The van der Waals surface area contributed by atoms with Gasteiger partial charge in [0.05, 0.1) is 5.02 Å². The number of nitrogens with zero attached hydrogens (tertiary/aromatic N) is 5. The van der Waals surface area contributed by atoms with E-state index in [1.54, 1.807) is 16.6 Å². The van der Waals surface area contributed by atoms with Crippen LogP contribution in [0.3, 0.4) is 0 Å². The number of benzene rings is 3. The second kappa shape index (κ2) is 13.9. The fraction of sp³-hybridized carbons (Fsp3) is 0.286. The molecule has 0 radical (unpaired) electrons. The van der Waals surface area contributed by atoms with Crippen LogP contribution in [-0.4, -0.2) is 87.9 Å². The van der Waals surface area contributed by atoms with E-state index >= 15 is 0 Å². The van der Waals surface area contributed by atoms with Gasteiger partial charge in [0.25, 0.3) is 0 Å². The summed E-state index contributed by atoms with van der Waals surface area (Å²) in [5.74, 6) is -0.416. The molecule has 6 rings (SSSR count). The van der Waals surface area contributed by atoms with Crippen LogP contribution in [0.25, 0.3) is 27.8 Å².